The van der Waals surface area contributed by atoms with Crippen molar-refractivity contribution in [3.8, 4) is 11.5 Å². The van der Waals surface area contributed by atoms with Crippen LogP contribution in [-0.2, 0) is 9.53 Å². The van der Waals surface area contributed by atoms with Crippen LogP contribution in [-0.4, -0.2) is 23.8 Å². The van der Waals surface area contributed by atoms with Crippen molar-refractivity contribution < 1.29 is 19.4 Å². The van der Waals surface area contributed by atoms with Crippen LogP contribution in [0.1, 0.15) is 13.8 Å². The standard InChI is InChI=1S/C11H15NO4/c1-7(2)16-10(14)6-15-9-5-3-4-8(13)11(9)12/h3-5,7,13H,6,12H2,1-2H3. The molecule has 0 atom stereocenters. The maximum absolute atomic E-state index is 11.2. The molecule has 0 aliphatic heterocycles. The van der Waals surface area contributed by atoms with E-state index in [2.05, 4.69) is 0 Å². The number of aromatic hydroxyl groups is 1. The monoisotopic (exact) mass is 225 g/mol. The Kier molecular flexibility index (Phi) is 3.99. The summed E-state index contributed by atoms with van der Waals surface area (Å²) in [6.07, 6.45) is -0.183. The molecule has 5 nitrogen and oxygen atoms in total. The normalized spacial score (nSPS) is 10.2. The lowest BCUT2D eigenvalue weighted by Crippen LogP contribution is -2.19. The highest BCUT2D eigenvalue weighted by Crippen LogP contribution is 2.29. The van der Waals surface area contributed by atoms with Crippen LogP contribution in [0.2, 0.25) is 0 Å². The zero-order valence-corrected chi connectivity index (χ0v) is 9.27. The molecule has 0 aliphatic carbocycles. The largest absolute Gasteiger partial charge is 0.506 e. The number of para-hydroxylation sites is 1. The topological polar surface area (TPSA) is 81.8 Å². The van der Waals surface area contributed by atoms with Gasteiger partial charge in [-0.1, -0.05) is 6.07 Å². The Bertz CT molecular complexity index is 376. The molecule has 0 aliphatic rings. The van der Waals surface area contributed by atoms with Crippen LogP contribution < -0.4 is 10.5 Å². The fourth-order valence-electron chi connectivity index (χ4n) is 1.09. The van der Waals surface area contributed by atoms with Crippen molar-refractivity contribution in [1.82, 2.24) is 0 Å². The molecule has 0 fully saturated rings. The number of phenolic OH excluding ortho intramolecular Hbond substituents is 1. The van der Waals surface area contributed by atoms with E-state index in [9.17, 15) is 9.90 Å². The average molecular weight is 225 g/mol. The summed E-state index contributed by atoms with van der Waals surface area (Å²) in [6.45, 7) is 3.27. The molecule has 3 N–H and O–H groups in total. The van der Waals surface area contributed by atoms with Gasteiger partial charge in [0.1, 0.15) is 17.2 Å². The van der Waals surface area contributed by atoms with Gasteiger partial charge in [0.25, 0.3) is 0 Å². The number of benzene rings is 1. The number of ether oxygens (including phenoxy) is 2. The fourth-order valence-corrected chi connectivity index (χ4v) is 1.09. The number of phenols is 1. The van der Waals surface area contributed by atoms with Gasteiger partial charge in [0.15, 0.2) is 6.61 Å². The Labute approximate surface area is 93.8 Å². The van der Waals surface area contributed by atoms with E-state index >= 15 is 0 Å². The minimum atomic E-state index is -0.474. The molecule has 88 valence electrons. The van der Waals surface area contributed by atoms with Crippen LogP contribution >= 0.6 is 0 Å². The molecular weight excluding hydrogens is 210 g/mol. The fraction of sp³-hybridized carbons (Fsp3) is 0.364. The third-order valence-electron chi connectivity index (χ3n) is 1.76. The predicted octanol–water partition coefficient (Wildman–Crippen LogP) is 1.30. The van der Waals surface area contributed by atoms with E-state index in [1.807, 2.05) is 0 Å². The van der Waals surface area contributed by atoms with E-state index in [1.54, 1.807) is 26.0 Å². The average Bonchev–Trinajstić information content (AvgIpc) is 2.19. The number of hydrogen-bond donors (Lipinski definition) is 2. The van der Waals surface area contributed by atoms with Gasteiger partial charge >= 0.3 is 5.97 Å². The quantitative estimate of drug-likeness (QED) is 0.458. The predicted molar refractivity (Wildman–Crippen MR) is 59.2 cm³/mol. The first kappa shape index (κ1) is 12.2. The van der Waals surface area contributed by atoms with Crippen molar-refractivity contribution >= 4 is 11.7 Å². The second kappa shape index (κ2) is 5.25. The van der Waals surface area contributed by atoms with E-state index in [0.29, 0.717) is 0 Å². The number of nitrogen functional groups attached to an aromatic ring is 1. The molecule has 0 spiro atoms. The molecule has 0 saturated heterocycles. The highest BCUT2D eigenvalue weighted by molar-refractivity contribution is 5.72. The van der Waals surface area contributed by atoms with E-state index in [1.165, 1.54) is 6.07 Å². The van der Waals surface area contributed by atoms with Crippen LogP contribution in [0.5, 0.6) is 11.5 Å². The lowest BCUT2D eigenvalue weighted by Gasteiger charge is -2.11. The highest BCUT2D eigenvalue weighted by Gasteiger charge is 2.09. The first-order valence-corrected chi connectivity index (χ1v) is 4.90. The molecule has 1 aromatic carbocycles. The van der Waals surface area contributed by atoms with Gasteiger partial charge in [-0.2, -0.15) is 0 Å². The molecule has 1 aromatic rings. The summed E-state index contributed by atoms with van der Waals surface area (Å²) in [4.78, 5) is 11.2. The Hall–Kier alpha value is -1.91. The third kappa shape index (κ3) is 3.34. The molecule has 0 unspecified atom stereocenters. The maximum atomic E-state index is 11.2. The molecule has 16 heavy (non-hydrogen) atoms. The van der Waals surface area contributed by atoms with Crippen LogP contribution in [0.3, 0.4) is 0 Å². The van der Waals surface area contributed by atoms with E-state index in [-0.39, 0.29) is 29.9 Å². The minimum Gasteiger partial charge on any atom is -0.506 e. The highest BCUT2D eigenvalue weighted by atomic mass is 16.6. The number of hydrogen-bond acceptors (Lipinski definition) is 5. The van der Waals surface area contributed by atoms with Gasteiger partial charge in [-0.25, -0.2) is 4.79 Å². The van der Waals surface area contributed by atoms with E-state index in [0.717, 1.165) is 0 Å². The number of rotatable bonds is 4. The smallest absolute Gasteiger partial charge is 0.344 e. The van der Waals surface area contributed by atoms with Crippen LogP contribution in [0, 0.1) is 0 Å². The first-order valence-electron chi connectivity index (χ1n) is 4.90. The zero-order valence-electron chi connectivity index (χ0n) is 9.27. The summed E-state index contributed by atoms with van der Waals surface area (Å²) in [7, 11) is 0. The molecule has 0 aromatic heterocycles. The molecule has 0 amide bonds. The van der Waals surface area contributed by atoms with Gasteiger partial charge in [-0.15, -0.1) is 0 Å². The number of anilines is 1. The summed E-state index contributed by atoms with van der Waals surface area (Å²) < 4.78 is 10.00. The second-order valence-electron chi connectivity index (χ2n) is 3.52. The van der Waals surface area contributed by atoms with Crippen molar-refractivity contribution in [1.29, 1.82) is 0 Å². The van der Waals surface area contributed by atoms with Crippen molar-refractivity contribution in [3.05, 3.63) is 18.2 Å². The molecule has 5 heteroatoms. The number of carbonyl (C=O) groups is 1. The van der Waals surface area contributed by atoms with Gasteiger partial charge in [0.05, 0.1) is 6.10 Å². The van der Waals surface area contributed by atoms with E-state index in [4.69, 9.17) is 15.2 Å². The van der Waals surface area contributed by atoms with Crippen molar-refractivity contribution in [2.75, 3.05) is 12.3 Å². The lowest BCUT2D eigenvalue weighted by molar-refractivity contribution is -0.149. The number of nitrogens with two attached hydrogens (primary N) is 1. The summed E-state index contributed by atoms with van der Waals surface area (Å²) in [6, 6.07) is 4.58. The van der Waals surface area contributed by atoms with Gasteiger partial charge < -0.3 is 20.3 Å². The second-order valence-corrected chi connectivity index (χ2v) is 3.52. The zero-order chi connectivity index (χ0) is 12.1. The Morgan fingerprint density at radius 2 is 2.19 bits per heavy atom. The number of carbonyl (C=O) groups excluding carboxylic acids is 1. The summed E-state index contributed by atoms with van der Waals surface area (Å²) >= 11 is 0. The SMILES string of the molecule is CC(C)OC(=O)COc1cccc(O)c1N. The van der Waals surface area contributed by atoms with Crippen molar-refractivity contribution in [2.45, 2.75) is 20.0 Å². The summed E-state index contributed by atoms with van der Waals surface area (Å²) in [5, 5.41) is 9.29. The minimum absolute atomic E-state index is 0.0743. The molecule has 1 rings (SSSR count). The number of esters is 1. The summed E-state index contributed by atoms with van der Waals surface area (Å²) in [5.41, 5.74) is 5.65. The molecule has 0 bridgehead atoms. The Balaban J connectivity index is 2.55. The van der Waals surface area contributed by atoms with Crippen LogP contribution in [0.15, 0.2) is 18.2 Å². The van der Waals surface area contributed by atoms with Gasteiger partial charge in [0.2, 0.25) is 0 Å². The Morgan fingerprint density at radius 3 is 2.81 bits per heavy atom. The van der Waals surface area contributed by atoms with E-state index < -0.39 is 5.97 Å². The van der Waals surface area contributed by atoms with Crippen LogP contribution in [0.4, 0.5) is 5.69 Å². The van der Waals surface area contributed by atoms with Crippen LogP contribution in [0.25, 0.3) is 0 Å². The summed E-state index contributed by atoms with van der Waals surface area (Å²) in [5.74, 6) is -0.284. The lowest BCUT2D eigenvalue weighted by atomic mass is 10.3. The molecule has 0 radical (unpaired) electrons. The molecular formula is C11H15NO4. The van der Waals surface area contributed by atoms with Gasteiger partial charge in [-0.05, 0) is 26.0 Å². The van der Waals surface area contributed by atoms with Gasteiger partial charge in [-0.3, -0.25) is 0 Å². The first-order chi connectivity index (χ1) is 7.50. The maximum Gasteiger partial charge on any atom is 0.344 e. The third-order valence-corrected chi connectivity index (χ3v) is 1.76. The van der Waals surface area contributed by atoms with Gasteiger partial charge in [0, 0.05) is 0 Å². The van der Waals surface area contributed by atoms with Crippen molar-refractivity contribution in [2.24, 2.45) is 0 Å². The Morgan fingerprint density at radius 1 is 1.50 bits per heavy atom. The molecule has 0 saturated carbocycles. The van der Waals surface area contributed by atoms with Crippen molar-refractivity contribution in [3.63, 3.8) is 0 Å². The molecule has 0 heterocycles.